The first-order valence-electron chi connectivity index (χ1n) is 7.62. The highest BCUT2D eigenvalue weighted by atomic mass is 35.5. The number of benzene rings is 2. The maximum Gasteiger partial charge on any atom is 0.339 e. The van der Waals surface area contributed by atoms with Crippen LogP contribution in [0.4, 0.5) is 5.69 Å². The van der Waals surface area contributed by atoms with E-state index in [9.17, 15) is 4.79 Å². The molecule has 0 unspecified atom stereocenters. The van der Waals surface area contributed by atoms with Gasteiger partial charge in [-0.25, -0.2) is 4.79 Å². The van der Waals surface area contributed by atoms with Gasteiger partial charge in [0.15, 0.2) is 5.11 Å². The van der Waals surface area contributed by atoms with Gasteiger partial charge in [-0.2, -0.15) is 0 Å². The summed E-state index contributed by atoms with van der Waals surface area (Å²) in [5.74, 6) is 0.404. The highest BCUT2D eigenvalue weighted by Gasteiger charge is 2.11. The van der Waals surface area contributed by atoms with E-state index in [4.69, 9.17) is 28.6 Å². The number of ether oxygens (including phenoxy) is 1. The molecular weight excluding hydrogens is 376 g/mol. The number of hydrogen-bond acceptors (Lipinski definition) is 4. The summed E-state index contributed by atoms with van der Waals surface area (Å²) < 4.78 is 4.70. The summed E-state index contributed by atoms with van der Waals surface area (Å²) in [4.78, 5) is 12.9. The van der Waals surface area contributed by atoms with Crippen molar-refractivity contribution in [1.82, 2.24) is 5.32 Å². The van der Waals surface area contributed by atoms with Crippen molar-refractivity contribution in [2.45, 2.75) is 11.8 Å². The first-order valence-corrected chi connectivity index (χ1v) is 9.39. The summed E-state index contributed by atoms with van der Waals surface area (Å²) in [5, 5.41) is 7.01. The Balaban J connectivity index is 1.80. The number of rotatable bonds is 6. The van der Waals surface area contributed by atoms with Crippen molar-refractivity contribution in [3.8, 4) is 0 Å². The summed E-state index contributed by atoms with van der Waals surface area (Å²) in [6, 6.07) is 13.4. The van der Waals surface area contributed by atoms with E-state index in [1.807, 2.05) is 0 Å². The molecule has 0 amide bonds. The van der Waals surface area contributed by atoms with Crippen molar-refractivity contribution in [3.05, 3.63) is 58.6 Å². The Morgan fingerprint density at radius 2 is 1.96 bits per heavy atom. The molecule has 0 bridgehead atoms. The lowest BCUT2D eigenvalue weighted by Crippen LogP contribution is -2.30. The van der Waals surface area contributed by atoms with Crippen LogP contribution in [0.3, 0.4) is 0 Å². The maximum atomic E-state index is 11.7. The summed E-state index contributed by atoms with van der Waals surface area (Å²) in [6.45, 7) is 2.80. The van der Waals surface area contributed by atoms with E-state index in [0.717, 1.165) is 12.3 Å². The van der Waals surface area contributed by atoms with Crippen molar-refractivity contribution in [3.63, 3.8) is 0 Å². The number of anilines is 1. The van der Waals surface area contributed by atoms with E-state index in [2.05, 4.69) is 41.8 Å². The number of hydrogen-bond donors (Lipinski definition) is 2. The first kappa shape index (κ1) is 19.6. The van der Waals surface area contributed by atoms with Gasteiger partial charge in [0.2, 0.25) is 0 Å². The van der Waals surface area contributed by atoms with E-state index in [1.54, 1.807) is 30.0 Å². The van der Waals surface area contributed by atoms with Gasteiger partial charge >= 0.3 is 5.97 Å². The maximum absolute atomic E-state index is 11.7. The molecule has 2 rings (SSSR count). The number of thioether (sulfide) groups is 1. The number of methoxy groups -OCH3 is 1. The molecule has 2 aromatic carbocycles. The van der Waals surface area contributed by atoms with Crippen LogP contribution in [-0.4, -0.2) is 30.5 Å². The zero-order chi connectivity index (χ0) is 18.2. The average Bonchev–Trinajstić information content (AvgIpc) is 2.61. The van der Waals surface area contributed by atoms with E-state index in [-0.39, 0.29) is 0 Å². The van der Waals surface area contributed by atoms with Crippen LogP contribution in [0.25, 0.3) is 0 Å². The van der Waals surface area contributed by atoms with Crippen molar-refractivity contribution in [2.75, 3.05) is 24.7 Å². The second kappa shape index (κ2) is 9.65. The lowest BCUT2D eigenvalue weighted by molar-refractivity contribution is 0.0601. The number of esters is 1. The van der Waals surface area contributed by atoms with Crippen LogP contribution in [0.5, 0.6) is 0 Å². The molecule has 0 aliphatic carbocycles. The van der Waals surface area contributed by atoms with Crippen molar-refractivity contribution in [2.24, 2.45) is 0 Å². The fourth-order valence-corrected chi connectivity index (χ4v) is 3.20. The molecular formula is C18H19ClN2O2S2. The quantitative estimate of drug-likeness (QED) is 0.325. The minimum atomic E-state index is -0.484. The second-order valence-corrected chi connectivity index (χ2v) is 7.21. The normalized spacial score (nSPS) is 10.2. The molecule has 0 atom stereocenters. The predicted octanol–water partition coefficient (Wildman–Crippen LogP) is 4.51. The molecule has 25 heavy (non-hydrogen) atoms. The van der Waals surface area contributed by atoms with Gasteiger partial charge in [-0.05, 0) is 49.5 Å². The highest BCUT2D eigenvalue weighted by molar-refractivity contribution is 7.99. The molecule has 0 aliphatic rings. The van der Waals surface area contributed by atoms with E-state index >= 15 is 0 Å². The molecule has 0 saturated heterocycles. The molecule has 0 fully saturated rings. The van der Waals surface area contributed by atoms with E-state index < -0.39 is 5.97 Å². The van der Waals surface area contributed by atoms with Crippen LogP contribution in [0.15, 0.2) is 47.4 Å². The monoisotopic (exact) mass is 394 g/mol. The Labute approximate surface area is 162 Å². The number of nitrogens with one attached hydrogen (secondary N) is 2. The number of halogens is 1. The fraction of sp³-hybridized carbons (Fsp3) is 0.222. The smallest absolute Gasteiger partial charge is 0.339 e. The number of carbonyl (C=O) groups is 1. The van der Waals surface area contributed by atoms with Gasteiger partial charge in [-0.1, -0.05) is 29.3 Å². The van der Waals surface area contributed by atoms with Crippen LogP contribution in [0.2, 0.25) is 5.02 Å². The molecule has 7 heteroatoms. The van der Waals surface area contributed by atoms with Crippen molar-refractivity contribution >= 4 is 52.3 Å². The molecule has 0 aliphatic heterocycles. The molecule has 0 spiro atoms. The zero-order valence-corrected chi connectivity index (χ0v) is 16.4. The molecule has 0 aromatic heterocycles. The summed E-state index contributed by atoms with van der Waals surface area (Å²) in [7, 11) is 1.32. The average molecular weight is 395 g/mol. The Morgan fingerprint density at radius 3 is 2.64 bits per heavy atom. The number of carbonyl (C=O) groups excluding carboxylic acids is 1. The molecule has 4 nitrogen and oxygen atoms in total. The predicted molar refractivity (Wildman–Crippen MR) is 109 cm³/mol. The first-order chi connectivity index (χ1) is 12.0. The lowest BCUT2D eigenvalue weighted by atomic mass is 10.2. The fourth-order valence-electron chi connectivity index (χ4n) is 2.01. The van der Waals surface area contributed by atoms with Gasteiger partial charge in [0, 0.05) is 22.9 Å². The standard InChI is InChI=1S/C18H19ClN2O2S2/c1-12-3-6-14(7-4-12)25-10-9-20-18(24)21-13-5-8-16(19)15(11-13)17(22)23-2/h3-8,11H,9-10H2,1-2H3,(H2,20,21,24). The van der Waals surface area contributed by atoms with Gasteiger partial charge in [-0.15, -0.1) is 11.8 Å². The Kier molecular flexibility index (Phi) is 7.55. The number of thiocarbonyl (C=S) groups is 1. The Bertz CT molecular complexity index is 751. The zero-order valence-electron chi connectivity index (χ0n) is 14.0. The minimum absolute atomic E-state index is 0.298. The van der Waals surface area contributed by atoms with Crippen LogP contribution in [-0.2, 0) is 4.74 Å². The molecule has 2 N–H and O–H groups in total. The molecule has 132 valence electrons. The number of aryl methyl sites for hydroxylation is 1. The summed E-state index contributed by atoms with van der Waals surface area (Å²) in [6.07, 6.45) is 0. The minimum Gasteiger partial charge on any atom is -0.465 e. The molecule has 0 heterocycles. The molecule has 0 saturated carbocycles. The van der Waals surface area contributed by atoms with E-state index in [1.165, 1.54) is 17.6 Å². The highest BCUT2D eigenvalue weighted by Crippen LogP contribution is 2.21. The third-order valence-corrected chi connectivity index (χ3v) is 4.90. The van der Waals surface area contributed by atoms with Crippen LogP contribution in [0.1, 0.15) is 15.9 Å². The van der Waals surface area contributed by atoms with E-state index in [0.29, 0.717) is 21.4 Å². The third-order valence-electron chi connectivity index (χ3n) is 3.31. The van der Waals surface area contributed by atoms with Crippen molar-refractivity contribution < 1.29 is 9.53 Å². The van der Waals surface area contributed by atoms with Gasteiger partial charge in [0.25, 0.3) is 0 Å². The van der Waals surface area contributed by atoms with Crippen molar-refractivity contribution in [1.29, 1.82) is 0 Å². The molecule has 0 radical (unpaired) electrons. The van der Waals surface area contributed by atoms with Crippen LogP contribution in [0, 0.1) is 6.92 Å². The molecule has 2 aromatic rings. The third kappa shape index (κ3) is 6.23. The Hall–Kier alpha value is -1.76. The largest absolute Gasteiger partial charge is 0.465 e. The van der Waals surface area contributed by atoms with Gasteiger partial charge in [0.1, 0.15) is 0 Å². The van der Waals surface area contributed by atoms with Crippen LogP contribution < -0.4 is 10.6 Å². The van der Waals surface area contributed by atoms with Gasteiger partial charge in [-0.3, -0.25) is 0 Å². The topological polar surface area (TPSA) is 50.4 Å². The second-order valence-electron chi connectivity index (χ2n) is 5.23. The van der Waals surface area contributed by atoms with Gasteiger partial charge in [0.05, 0.1) is 17.7 Å². The van der Waals surface area contributed by atoms with Gasteiger partial charge < -0.3 is 15.4 Å². The lowest BCUT2D eigenvalue weighted by Gasteiger charge is -2.12. The van der Waals surface area contributed by atoms with Crippen LogP contribution >= 0.6 is 35.6 Å². The SMILES string of the molecule is COC(=O)c1cc(NC(=S)NCCSc2ccc(C)cc2)ccc1Cl. The summed E-state index contributed by atoms with van der Waals surface area (Å²) >= 11 is 13.0. The Morgan fingerprint density at radius 1 is 1.24 bits per heavy atom. The summed E-state index contributed by atoms with van der Waals surface area (Å²) in [5.41, 5.74) is 2.22.